The van der Waals surface area contributed by atoms with E-state index in [-0.39, 0.29) is 11.9 Å². The molecule has 3 aromatic rings. The van der Waals surface area contributed by atoms with Crippen LogP contribution in [0.2, 0.25) is 5.02 Å². The summed E-state index contributed by atoms with van der Waals surface area (Å²) in [5.74, 6) is 0.0952. The van der Waals surface area contributed by atoms with Gasteiger partial charge in [0.05, 0.1) is 11.7 Å². The minimum absolute atomic E-state index is 0.0152. The molecule has 0 fully saturated rings. The van der Waals surface area contributed by atoms with Crippen LogP contribution in [0.25, 0.3) is 5.69 Å². The Balaban J connectivity index is 1.62. The van der Waals surface area contributed by atoms with Crippen molar-refractivity contribution >= 4 is 17.5 Å². The maximum atomic E-state index is 12.6. The van der Waals surface area contributed by atoms with Crippen LogP contribution in [0.1, 0.15) is 30.5 Å². The Hall–Kier alpha value is -2.66. The topological polar surface area (TPSA) is 51.0 Å². The Kier molecular flexibility index (Phi) is 5.68. The molecule has 0 saturated heterocycles. The molecule has 0 aliphatic rings. The summed E-state index contributed by atoms with van der Waals surface area (Å²) in [7, 11) is 1.84. The van der Waals surface area contributed by atoms with Gasteiger partial charge in [0, 0.05) is 18.5 Å². The quantitative estimate of drug-likeness (QED) is 0.659. The molecule has 1 atom stereocenters. The van der Waals surface area contributed by atoms with Crippen LogP contribution in [0.3, 0.4) is 0 Å². The summed E-state index contributed by atoms with van der Waals surface area (Å²) in [5.41, 5.74) is 3.01. The van der Waals surface area contributed by atoms with Gasteiger partial charge in [-0.15, -0.1) is 0 Å². The normalized spacial score (nSPS) is 12.0. The third kappa shape index (κ3) is 4.11. The number of benzene rings is 2. The highest BCUT2D eigenvalue weighted by Crippen LogP contribution is 2.22. The lowest BCUT2D eigenvalue weighted by atomic mass is 10.1. The molecule has 0 saturated carbocycles. The Bertz CT molecular complexity index is 862. The number of hydrogen-bond donors (Lipinski definition) is 0. The van der Waals surface area contributed by atoms with Crippen LogP contribution in [0.5, 0.6) is 0 Å². The van der Waals surface area contributed by atoms with Crippen molar-refractivity contribution in [2.24, 2.45) is 0 Å². The molecule has 0 radical (unpaired) electrons. The number of carbonyl (C=O) groups excluding carboxylic acids is 1. The summed E-state index contributed by atoms with van der Waals surface area (Å²) in [4.78, 5) is 18.3. The lowest BCUT2D eigenvalue weighted by Gasteiger charge is -2.25. The van der Waals surface area contributed by atoms with Gasteiger partial charge in [0.15, 0.2) is 0 Å². The monoisotopic (exact) mass is 368 g/mol. The van der Waals surface area contributed by atoms with Gasteiger partial charge in [0.1, 0.15) is 12.7 Å². The highest BCUT2D eigenvalue weighted by atomic mass is 35.5. The predicted octanol–water partition coefficient (Wildman–Crippen LogP) is 4.07. The Labute approximate surface area is 158 Å². The van der Waals surface area contributed by atoms with Crippen LogP contribution in [-0.2, 0) is 11.2 Å². The molecule has 0 bridgehead atoms. The number of hydrogen-bond acceptors (Lipinski definition) is 3. The molecule has 26 heavy (non-hydrogen) atoms. The maximum Gasteiger partial charge on any atom is 0.223 e. The molecule has 0 aliphatic heterocycles. The molecule has 1 heterocycles. The van der Waals surface area contributed by atoms with Crippen LogP contribution >= 0.6 is 11.6 Å². The summed E-state index contributed by atoms with van der Waals surface area (Å²) in [5, 5.41) is 4.82. The van der Waals surface area contributed by atoms with Crippen LogP contribution < -0.4 is 0 Å². The number of carbonyl (C=O) groups is 1. The van der Waals surface area contributed by atoms with E-state index in [4.69, 9.17) is 11.6 Å². The SMILES string of the molecule is CC(c1ccc(-n2cncn2)cc1)N(C)C(=O)CCc1ccccc1Cl. The van der Waals surface area contributed by atoms with E-state index >= 15 is 0 Å². The van der Waals surface area contributed by atoms with Crippen molar-refractivity contribution < 1.29 is 4.79 Å². The highest BCUT2D eigenvalue weighted by molar-refractivity contribution is 6.31. The Morgan fingerprint density at radius 1 is 1.19 bits per heavy atom. The standard InChI is InChI=1S/C20H21ClN4O/c1-15(16-7-10-18(11-8-16)25-14-22-13-23-25)24(2)20(26)12-9-17-5-3-4-6-19(17)21/h3-8,10-11,13-15H,9,12H2,1-2H3. The molecule has 6 heteroatoms. The van der Waals surface area contributed by atoms with Crippen LogP contribution in [0.4, 0.5) is 0 Å². The van der Waals surface area contributed by atoms with Gasteiger partial charge in [-0.3, -0.25) is 4.79 Å². The van der Waals surface area contributed by atoms with E-state index in [9.17, 15) is 4.79 Å². The minimum Gasteiger partial charge on any atom is -0.339 e. The molecule has 0 N–H and O–H groups in total. The first-order chi connectivity index (χ1) is 12.6. The summed E-state index contributed by atoms with van der Waals surface area (Å²) in [6.45, 7) is 2.03. The first-order valence-corrected chi connectivity index (χ1v) is 8.88. The number of amides is 1. The fourth-order valence-electron chi connectivity index (χ4n) is 2.81. The zero-order valence-corrected chi connectivity index (χ0v) is 15.6. The summed E-state index contributed by atoms with van der Waals surface area (Å²) >= 11 is 6.17. The third-order valence-corrected chi connectivity index (χ3v) is 4.97. The molecule has 2 aromatic carbocycles. The second-order valence-corrected chi connectivity index (χ2v) is 6.61. The van der Waals surface area contributed by atoms with Gasteiger partial charge in [-0.25, -0.2) is 9.67 Å². The van der Waals surface area contributed by atoms with Crippen molar-refractivity contribution in [3.8, 4) is 5.69 Å². The van der Waals surface area contributed by atoms with E-state index in [1.54, 1.807) is 15.9 Å². The van der Waals surface area contributed by atoms with Gasteiger partial charge in [0.25, 0.3) is 0 Å². The minimum atomic E-state index is -0.0152. The number of aryl methyl sites for hydroxylation is 1. The van der Waals surface area contributed by atoms with Gasteiger partial charge < -0.3 is 4.90 Å². The van der Waals surface area contributed by atoms with Crippen molar-refractivity contribution in [1.82, 2.24) is 19.7 Å². The molecular weight excluding hydrogens is 348 g/mol. The predicted molar refractivity (Wildman–Crippen MR) is 102 cm³/mol. The second-order valence-electron chi connectivity index (χ2n) is 6.20. The first kappa shape index (κ1) is 18.1. The largest absolute Gasteiger partial charge is 0.339 e. The lowest BCUT2D eigenvalue weighted by Crippen LogP contribution is -2.29. The number of halogens is 1. The van der Waals surface area contributed by atoms with Crippen molar-refractivity contribution in [3.05, 3.63) is 77.3 Å². The fourth-order valence-corrected chi connectivity index (χ4v) is 3.04. The van der Waals surface area contributed by atoms with E-state index in [0.717, 1.165) is 16.8 Å². The van der Waals surface area contributed by atoms with Gasteiger partial charge >= 0.3 is 0 Å². The van der Waals surface area contributed by atoms with Crippen LogP contribution in [0, 0.1) is 0 Å². The van der Waals surface area contributed by atoms with E-state index < -0.39 is 0 Å². The zero-order valence-electron chi connectivity index (χ0n) is 14.8. The van der Waals surface area contributed by atoms with E-state index in [1.165, 1.54) is 6.33 Å². The van der Waals surface area contributed by atoms with Crippen LogP contribution in [-0.4, -0.2) is 32.6 Å². The van der Waals surface area contributed by atoms with Gasteiger partial charge in [0.2, 0.25) is 5.91 Å². The Morgan fingerprint density at radius 2 is 1.92 bits per heavy atom. The average Bonchev–Trinajstić information content (AvgIpc) is 3.21. The van der Waals surface area contributed by atoms with E-state index in [2.05, 4.69) is 10.1 Å². The zero-order chi connectivity index (χ0) is 18.5. The molecule has 1 unspecified atom stereocenters. The van der Waals surface area contributed by atoms with Crippen LogP contribution in [0.15, 0.2) is 61.2 Å². The maximum absolute atomic E-state index is 12.6. The molecule has 0 spiro atoms. The van der Waals surface area contributed by atoms with Gasteiger partial charge in [-0.1, -0.05) is 41.9 Å². The van der Waals surface area contributed by atoms with E-state index in [0.29, 0.717) is 17.9 Å². The van der Waals surface area contributed by atoms with Crippen molar-refractivity contribution in [2.75, 3.05) is 7.05 Å². The average molecular weight is 369 g/mol. The molecule has 1 aromatic heterocycles. The molecule has 0 aliphatic carbocycles. The summed E-state index contributed by atoms with van der Waals surface area (Å²) in [6.07, 6.45) is 4.23. The first-order valence-electron chi connectivity index (χ1n) is 8.50. The molecular formula is C20H21ClN4O. The van der Waals surface area contributed by atoms with Crippen molar-refractivity contribution in [3.63, 3.8) is 0 Å². The second kappa shape index (κ2) is 8.15. The lowest BCUT2D eigenvalue weighted by molar-refractivity contribution is -0.131. The molecule has 3 rings (SSSR count). The number of aromatic nitrogens is 3. The third-order valence-electron chi connectivity index (χ3n) is 4.60. The van der Waals surface area contributed by atoms with Crippen molar-refractivity contribution in [1.29, 1.82) is 0 Å². The molecule has 5 nitrogen and oxygen atoms in total. The fraction of sp³-hybridized carbons (Fsp3) is 0.250. The van der Waals surface area contributed by atoms with Crippen molar-refractivity contribution in [2.45, 2.75) is 25.8 Å². The van der Waals surface area contributed by atoms with Gasteiger partial charge in [-0.2, -0.15) is 5.10 Å². The van der Waals surface area contributed by atoms with Gasteiger partial charge in [-0.05, 0) is 42.7 Å². The number of rotatable bonds is 6. The summed E-state index contributed by atoms with van der Waals surface area (Å²) < 4.78 is 1.70. The molecule has 134 valence electrons. The highest BCUT2D eigenvalue weighted by Gasteiger charge is 2.17. The van der Waals surface area contributed by atoms with E-state index in [1.807, 2.05) is 62.5 Å². The smallest absolute Gasteiger partial charge is 0.223 e. The Morgan fingerprint density at radius 3 is 2.58 bits per heavy atom. The number of nitrogens with zero attached hydrogens (tertiary/aromatic N) is 4. The molecule has 1 amide bonds. The summed E-state index contributed by atoms with van der Waals surface area (Å²) in [6, 6.07) is 15.6.